The zero-order valence-corrected chi connectivity index (χ0v) is 23.5. The van der Waals surface area contributed by atoms with Crippen LogP contribution in [-0.2, 0) is 17.6 Å². The molecule has 1 aromatic carbocycles. The van der Waals surface area contributed by atoms with Gasteiger partial charge in [-0.15, -0.1) is 22.7 Å². The number of thiophene rings is 1. The van der Waals surface area contributed by atoms with Crippen LogP contribution in [0.4, 0.5) is 5.00 Å². The molecule has 1 N–H and O–H groups in total. The fourth-order valence-electron chi connectivity index (χ4n) is 4.56. The van der Waals surface area contributed by atoms with Gasteiger partial charge in [-0.1, -0.05) is 32.9 Å². The summed E-state index contributed by atoms with van der Waals surface area (Å²) in [7, 11) is 0. The summed E-state index contributed by atoms with van der Waals surface area (Å²) in [6, 6.07) is 8.54. The lowest BCUT2D eigenvalue weighted by molar-refractivity contribution is 0.0526. The second-order valence-corrected chi connectivity index (χ2v) is 12.3. The third kappa shape index (κ3) is 5.40. The minimum absolute atomic E-state index is 0.214. The summed E-state index contributed by atoms with van der Waals surface area (Å²) in [5.41, 5.74) is 6.70. The van der Waals surface area contributed by atoms with E-state index >= 15 is 0 Å². The Labute approximate surface area is 221 Å². The molecule has 2 heterocycles. The number of thiazole rings is 1. The number of hydrogen-bond donors (Lipinski definition) is 1. The first-order valence-corrected chi connectivity index (χ1v) is 14.0. The van der Waals surface area contributed by atoms with E-state index in [9.17, 15) is 10.1 Å². The molecule has 0 bridgehead atoms. The van der Waals surface area contributed by atoms with Crippen molar-refractivity contribution in [3.63, 3.8) is 0 Å². The van der Waals surface area contributed by atoms with Crippen LogP contribution in [0.2, 0.25) is 0 Å². The Hall–Kier alpha value is -2.95. The Morgan fingerprint density at radius 2 is 2.08 bits per heavy atom. The van der Waals surface area contributed by atoms with Crippen LogP contribution in [0.1, 0.15) is 71.0 Å². The number of hydrogen-bond acceptors (Lipinski definition) is 7. The van der Waals surface area contributed by atoms with Crippen molar-refractivity contribution in [1.82, 2.24) is 4.98 Å². The van der Waals surface area contributed by atoms with E-state index in [4.69, 9.17) is 9.72 Å². The second-order valence-electron chi connectivity index (χ2n) is 10.4. The Morgan fingerprint density at radius 3 is 2.75 bits per heavy atom. The molecule has 0 spiro atoms. The summed E-state index contributed by atoms with van der Waals surface area (Å²) in [4.78, 5) is 18.9. The summed E-state index contributed by atoms with van der Waals surface area (Å²) in [5, 5.41) is 16.5. The highest BCUT2D eigenvalue weighted by molar-refractivity contribution is 7.16. The summed E-state index contributed by atoms with van der Waals surface area (Å²) < 4.78 is 5.41. The normalized spacial score (nSPS) is 15.8. The summed E-state index contributed by atoms with van der Waals surface area (Å²) >= 11 is 3.05. The average molecular weight is 520 g/mol. The maximum atomic E-state index is 12.9. The summed E-state index contributed by atoms with van der Waals surface area (Å²) in [6.07, 6.45) is 4.55. The molecule has 0 saturated carbocycles. The Kier molecular flexibility index (Phi) is 7.67. The fourth-order valence-corrected chi connectivity index (χ4v) is 6.64. The van der Waals surface area contributed by atoms with E-state index in [2.05, 4.69) is 64.2 Å². The zero-order valence-electron chi connectivity index (χ0n) is 21.8. The highest BCUT2D eigenvalue weighted by atomic mass is 32.1. The number of anilines is 1. The molecule has 5 nitrogen and oxygen atoms in total. The number of fused-ring (bicyclic) bond motifs is 1. The van der Waals surface area contributed by atoms with Gasteiger partial charge in [0.1, 0.15) is 21.7 Å². The van der Waals surface area contributed by atoms with E-state index < -0.39 is 0 Å². The molecule has 7 heteroatoms. The molecule has 2 aromatic heterocycles. The van der Waals surface area contributed by atoms with E-state index in [1.54, 1.807) is 17.5 Å². The molecule has 36 heavy (non-hydrogen) atoms. The van der Waals surface area contributed by atoms with Gasteiger partial charge in [0.25, 0.3) is 0 Å². The van der Waals surface area contributed by atoms with Crippen molar-refractivity contribution in [3.05, 3.63) is 61.9 Å². The molecule has 0 fully saturated rings. The van der Waals surface area contributed by atoms with Crippen LogP contribution >= 0.6 is 22.7 Å². The lowest BCUT2D eigenvalue weighted by Gasteiger charge is -2.33. The van der Waals surface area contributed by atoms with Gasteiger partial charge in [-0.25, -0.2) is 9.78 Å². The lowest BCUT2D eigenvalue weighted by Crippen LogP contribution is -2.26. The monoisotopic (exact) mass is 519 g/mol. The van der Waals surface area contributed by atoms with Crippen LogP contribution in [0.3, 0.4) is 0 Å². The van der Waals surface area contributed by atoms with Crippen molar-refractivity contribution in [2.45, 2.75) is 60.8 Å². The zero-order chi connectivity index (χ0) is 26.0. The van der Waals surface area contributed by atoms with Crippen LogP contribution in [0.15, 0.2) is 29.8 Å². The number of ether oxygens (including phenoxy) is 1. The minimum atomic E-state index is -0.301. The first kappa shape index (κ1) is 26.1. The van der Waals surface area contributed by atoms with E-state index in [0.29, 0.717) is 28.7 Å². The maximum absolute atomic E-state index is 12.9. The number of carbonyl (C=O) groups is 1. The van der Waals surface area contributed by atoms with Gasteiger partial charge < -0.3 is 10.1 Å². The van der Waals surface area contributed by atoms with Gasteiger partial charge in [0.05, 0.1) is 17.9 Å². The van der Waals surface area contributed by atoms with Crippen molar-refractivity contribution in [1.29, 1.82) is 5.26 Å². The summed E-state index contributed by atoms with van der Waals surface area (Å²) in [6.45, 7) is 13.2. The number of aryl methyl sites for hydroxylation is 2. The standard InChI is InChI=1S/C29H33N3O2S2/c1-7-34-28(33)25-22-11-10-21(29(4,5)6)13-24(22)36-27(25)31-15-20(14-30)26-32-23(16-35-26)19-9-8-17(2)18(3)12-19/h8-9,12,15-16,21,31H,7,10-11,13H2,1-6H3/b20-15-. The van der Waals surface area contributed by atoms with E-state index in [0.717, 1.165) is 41.1 Å². The predicted octanol–water partition coefficient (Wildman–Crippen LogP) is 7.79. The number of benzene rings is 1. The number of aromatic nitrogens is 1. The molecule has 0 aliphatic heterocycles. The molecule has 0 amide bonds. The molecule has 3 aromatic rings. The van der Waals surface area contributed by atoms with Crippen molar-refractivity contribution in [2.24, 2.45) is 11.3 Å². The van der Waals surface area contributed by atoms with Crippen molar-refractivity contribution >= 4 is 39.2 Å². The van der Waals surface area contributed by atoms with E-state index in [-0.39, 0.29) is 11.4 Å². The van der Waals surface area contributed by atoms with E-state index in [1.807, 2.05) is 12.3 Å². The Balaban J connectivity index is 1.64. The number of nitrogens with one attached hydrogen (secondary N) is 1. The lowest BCUT2D eigenvalue weighted by atomic mass is 9.72. The molecule has 188 valence electrons. The predicted molar refractivity (Wildman–Crippen MR) is 149 cm³/mol. The third-order valence-electron chi connectivity index (χ3n) is 6.97. The first-order chi connectivity index (χ1) is 17.1. The third-order valence-corrected chi connectivity index (χ3v) is 9.04. The molecule has 1 unspecified atom stereocenters. The van der Waals surface area contributed by atoms with Crippen LogP contribution in [0.5, 0.6) is 0 Å². The second kappa shape index (κ2) is 10.6. The topological polar surface area (TPSA) is 75.0 Å². The van der Waals surface area contributed by atoms with Crippen LogP contribution in [0, 0.1) is 36.5 Å². The van der Waals surface area contributed by atoms with Gasteiger partial charge in [-0.3, -0.25) is 0 Å². The van der Waals surface area contributed by atoms with Gasteiger partial charge in [-0.2, -0.15) is 5.26 Å². The van der Waals surface area contributed by atoms with Gasteiger partial charge in [-0.05, 0) is 74.1 Å². The molecule has 0 saturated heterocycles. The highest BCUT2D eigenvalue weighted by Gasteiger charge is 2.34. The molecule has 0 radical (unpaired) electrons. The minimum Gasteiger partial charge on any atom is -0.462 e. The molecule has 1 atom stereocenters. The molecule has 1 aliphatic rings. The SMILES string of the molecule is CCOC(=O)c1c(N/C=C(/C#N)c2nc(-c3ccc(C)c(C)c3)cs2)sc2c1CCC(C(C)(C)C)C2. The van der Waals surface area contributed by atoms with Crippen LogP contribution in [0.25, 0.3) is 16.8 Å². The molecule has 1 aliphatic carbocycles. The van der Waals surface area contributed by atoms with Crippen LogP contribution in [-0.4, -0.2) is 17.6 Å². The number of carbonyl (C=O) groups excluding carboxylic acids is 1. The number of nitriles is 1. The van der Waals surface area contributed by atoms with Gasteiger partial charge >= 0.3 is 5.97 Å². The number of allylic oxidation sites excluding steroid dienone is 1. The van der Waals surface area contributed by atoms with Crippen molar-refractivity contribution in [3.8, 4) is 17.3 Å². The molecular formula is C29H33N3O2S2. The smallest absolute Gasteiger partial charge is 0.341 e. The number of rotatable bonds is 6. The quantitative estimate of drug-likeness (QED) is 0.266. The molecular weight excluding hydrogens is 486 g/mol. The van der Waals surface area contributed by atoms with Gasteiger partial charge in [0, 0.05) is 22.0 Å². The maximum Gasteiger partial charge on any atom is 0.341 e. The van der Waals surface area contributed by atoms with Gasteiger partial charge in [0.2, 0.25) is 0 Å². The Morgan fingerprint density at radius 1 is 1.31 bits per heavy atom. The van der Waals surface area contributed by atoms with E-state index in [1.165, 1.54) is 27.3 Å². The number of esters is 1. The Bertz CT molecular complexity index is 1350. The fraction of sp³-hybridized carbons (Fsp3) is 0.414. The van der Waals surface area contributed by atoms with Crippen LogP contribution < -0.4 is 5.32 Å². The van der Waals surface area contributed by atoms with Gasteiger partial charge in [0.15, 0.2) is 0 Å². The number of nitrogens with zero attached hydrogens (tertiary/aromatic N) is 2. The average Bonchev–Trinajstić information content (AvgIpc) is 3.45. The first-order valence-electron chi connectivity index (χ1n) is 12.3. The summed E-state index contributed by atoms with van der Waals surface area (Å²) in [5.74, 6) is 0.265. The van der Waals surface area contributed by atoms with Crippen molar-refractivity contribution in [2.75, 3.05) is 11.9 Å². The molecule has 4 rings (SSSR count). The largest absolute Gasteiger partial charge is 0.462 e. The van der Waals surface area contributed by atoms with Crippen molar-refractivity contribution < 1.29 is 9.53 Å². The highest BCUT2D eigenvalue weighted by Crippen LogP contribution is 2.44.